The summed E-state index contributed by atoms with van der Waals surface area (Å²) in [5, 5.41) is 2.54. The van der Waals surface area contributed by atoms with Crippen LogP contribution >= 0.6 is 11.6 Å². The third-order valence-electron chi connectivity index (χ3n) is 1.85. The van der Waals surface area contributed by atoms with E-state index in [1.54, 1.807) is 6.92 Å². The number of nitrogens with zero attached hydrogens (tertiary/aromatic N) is 1. The Hall–Kier alpha value is -1.41. The van der Waals surface area contributed by atoms with E-state index in [2.05, 4.69) is 22.1 Å². The van der Waals surface area contributed by atoms with Crippen LogP contribution in [-0.4, -0.2) is 11.5 Å². The third kappa shape index (κ3) is 4.53. The summed E-state index contributed by atoms with van der Waals surface area (Å²) in [4.78, 5) is 3.75. The molecule has 0 atom stereocenters. The lowest BCUT2D eigenvalue weighted by Gasteiger charge is -2.09. The highest BCUT2D eigenvalue weighted by atomic mass is 35.5. The molecule has 0 aliphatic carbocycles. The van der Waals surface area contributed by atoms with Crippen LogP contribution in [0.4, 0.5) is 19.0 Å². The summed E-state index contributed by atoms with van der Waals surface area (Å²) in [6.07, 6.45) is -3.89. The van der Waals surface area contributed by atoms with Crippen LogP contribution in [0.5, 0.6) is 0 Å². The molecule has 0 aliphatic heterocycles. The first kappa shape index (κ1) is 13.7. The smallest absolute Gasteiger partial charge is 0.369 e. The molecular weight excluding hydrogens is 253 g/mol. The highest BCUT2D eigenvalue weighted by molar-refractivity contribution is 6.29. The van der Waals surface area contributed by atoms with Crippen LogP contribution in [0.15, 0.2) is 12.1 Å². The number of halogens is 4. The zero-order valence-corrected chi connectivity index (χ0v) is 9.78. The zero-order chi connectivity index (χ0) is 12.9. The van der Waals surface area contributed by atoms with Crippen molar-refractivity contribution in [1.82, 2.24) is 4.98 Å². The number of rotatable bonds is 3. The molecule has 0 aliphatic rings. The molecule has 0 radical (unpaired) electrons. The molecule has 17 heavy (non-hydrogen) atoms. The van der Waals surface area contributed by atoms with Gasteiger partial charge in [-0.15, -0.1) is 11.8 Å². The molecule has 1 rings (SSSR count). The van der Waals surface area contributed by atoms with Crippen molar-refractivity contribution in [3.8, 4) is 11.8 Å². The molecule has 0 unspecified atom stereocenters. The van der Waals surface area contributed by atoms with Crippen LogP contribution in [0, 0.1) is 11.8 Å². The molecule has 0 spiro atoms. The number of anilines is 1. The van der Waals surface area contributed by atoms with E-state index in [4.69, 9.17) is 11.6 Å². The van der Waals surface area contributed by atoms with Crippen LogP contribution in [0.1, 0.15) is 18.9 Å². The second-order valence-corrected chi connectivity index (χ2v) is 3.55. The molecule has 2 nitrogen and oxygen atoms in total. The van der Waals surface area contributed by atoms with Crippen LogP contribution in [0.2, 0.25) is 5.15 Å². The summed E-state index contributed by atoms with van der Waals surface area (Å²) < 4.78 is 37.4. The first-order valence-electron chi connectivity index (χ1n) is 4.81. The lowest BCUT2D eigenvalue weighted by Crippen LogP contribution is -2.08. The molecular formula is C11H10ClF3N2. The Labute approximate surface area is 102 Å². The molecule has 0 aromatic carbocycles. The van der Waals surface area contributed by atoms with Gasteiger partial charge in [0, 0.05) is 13.0 Å². The topological polar surface area (TPSA) is 24.9 Å². The molecule has 0 saturated heterocycles. The van der Waals surface area contributed by atoms with Gasteiger partial charge >= 0.3 is 6.18 Å². The summed E-state index contributed by atoms with van der Waals surface area (Å²) in [5.41, 5.74) is -0.818. The second-order valence-electron chi connectivity index (χ2n) is 3.17. The Bertz CT molecular complexity index is 446. The van der Waals surface area contributed by atoms with E-state index in [0.717, 1.165) is 12.1 Å². The fraction of sp³-hybridized carbons (Fsp3) is 0.364. The number of hydrogen-bond donors (Lipinski definition) is 1. The standard InChI is InChI=1S/C11H10ClF3N2/c1-2-3-4-5-16-10-7-8(11(13,14)15)6-9(12)17-10/h6-7H,4-5H2,1H3,(H,16,17). The summed E-state index contributed by atoms with van der Waals surface area (Å²) in [5.74, 6) is 5.57. The Morgan fingerprint density at radius 3 is 2.71 bits per heavy atom. The third-order valence-corrected chi connectivity index (χ3v) is 2.05. The van der Waals surface area contributed by atoms with Crippen LogP contribution in [-0.2, 0) is 6.18 Å². The van der Waals surface area contributed by atoms with Crippen molar-refractivity contribution in [3.05, 3.63) is 22.8 Å². The van der Waals surface area contributed by atoms with E-state index in [1.165, 1.54) is 0 Å². The van der Waals surface area contributed by atoms with E-state index < -0.39 is 11.7 Å². The van der Waals surface area contributed by atoms with Crippen molar-refractivity contribution < 1.29 is 13.2 Å². The average Bonchev–Trinajstić information content (AvgIpc) is 2.22. The fourth-order valence-corrected chi connectivity index (χ4v) is 1.34. The summed E-state index contributed by atoms with van der Waals surface area (Å²) in [6, 6.07) is 1.71. The van der Waals surface area contributed by atoms with Gasteiger partial charge in [-0.05, 0) is 19.1 Å². The first-order chi connectivity index (χ1) is 7.93. The quantitative estimate of drug-likeness (QED) is 0.512. The maximum atomic E-state index is 12.5. The summed E-state index contributed by atoms with van der Waals surface area (Å²) in [7, 11) is 0. The van der Waals surface area contributed by atoms with E-state index in [-0.39, 0.29) is 11.0 Å². The van der Waals surface area contributed by atoms with Crippen molar-refractivity contribution in [1.29, 1.82) is 0 Å². The monoisotopic (exact) mass is 262 g/mol. The average molecular weight is 263 g/mol. The van der Waals surface area contributed by atoms with Crippen LogP contribution in [0.25, 0.3) is 0 Å². The van der Waals surface area contributed by atoms with Gasteiger partial charge in [0.1, 0.15) is 11.0 Å². The number of alkyl halides is 3. The van der Waals surface area contributed by atoms with Gasteiger partial charge in [0.25, 0.3) is 0 Å². The molecule has 0 amide bonds. The maximum Gasteiger partial charge on any atom is 0.416 e. The summed E-state index contributed by atoms with van der Waals surface area (Å²) in [6.45, 7) is 2.12. The largest absolute Gasteiger partial charge is 0.416 e. The molecule has 1 aromatic rings. The Kier molecular flexibility index (Phi) is 4.64. The normalized spacial score (nSPS) is 10.6. The van der Waals surface area contributed by atoms with Crippen molar-refractivity contribution in [3.63, 3.8) is 0 Å². The minimum atomic E-state index is -4.42. The highest BCUT2D eigenvalue weighted by Gasteiger charge is 2.31. The Morgan fingerprint density at radius 2 is 2.12 bits per heavy atom. The minimum absolute atomic E-state index is 0.0997. The SMILES string of the molecule is CC#CCCNc1cc(C(F)(F)F)cc(Cl)n1. The van der Waals surface area contributed by atoms with Crippen molar-refractivity contribution in [2.75, 3.05) is 11.9 Å². The fourth-order valence-electron chi connectivity index (χ4n) is 1.13. The van der Waals surface area contributed by atoms with Gasteiger partial charge in [-0.25, -0.2) is 4.98 Å². The second kappa shape index (κ2) is 5.78. The van der Waals surface area contributed by atoms with Gasteiger partial charge in [0.05, 0.1) is 5.56 Å². The lowest BCUT2D eigenvalue weighted by atomic mass is 10.2. The first-order valence-corrected chi connectivity index (χ1v) is 5.19. The Morgan fingerprint density at radius 1 is 1.41 bits per heavy atom. The number of hydrogen-bond acceptors (Lipinski definition) is 2. The molecule has 1 heterocycles. The minimum Gasteiger partial charge on any atom is -0.369 e. The zero-order valence-electron chi connectivity index (χ0n) is 9.03. The van der Waals surface area contributed by atoms with Gasteiger partial charge < -0.3 is 5.32 Å². The van der Waals surface area contributed by atoms with E-state index >= 15 is 0 Å². The maximum absolute atomic E-state index is 12.5. The molecule has 1 aromatic heterocycles. The van der Waals surface area contributed by atoms with E-state index in [9.17, 15) is 13.2 Å². The predicted molar refractivity (Wildman–Crippen MR) is 60.8 cm³/mol. The molecule has 1 N–H and O–H groups in total. The van der Waals surface area contributed by atoms with Crippen LogP contribution in [0.3, 0.4) is 0 Å². The molecule has 92 valence electrons. The van der Waals surface area contributed by atoms with Crippen molar-refractivity contribution in [2.45, 2.75) is 19.5 Å². The van der Waals surface area contributed by atoms with Gasteiger partial charge in [-0.3, -0.25) is 0 Å². The van der Waals surface area contributed by atoms with Gasteiger partial charge in [-0.2, -0.15) is 13.2 Å². The molecule has 0 bridgehead atoms. The lowest BCUT2D eigenvalue weighted by molar-refractivity contribution is -0.137. The van der Waals surface area contributed by atoms with Crippen LogP contribution < -0.4 is 5.32 Å². The number of pyridine rings is 1. The van der Waals surface area contributed by atoms with Gasteiger partial charge in [-0.1, -0.05) is 11.6 Å². The number of aromatic nitrogens is 1. The van der Waals surface area contributed by atoms with Crippen molar-refractivity contribution >= 4 is 17.4 Å². The number of nitrogens with one attached hydrogen (secondary N) is 1. The highest BCUT2D eigenvalue weighted by Crippen LogP contribution is 2.31. The van der Waals surface area contributed by atoms with Gasteiger partial charge in [0.15, 0.2) is 0 Å². The van der Waals surface area contributed by atoms with E-state index in [1.807, 2.05) is 0 Å². The molecule has 6 heteroatoms. The predicted octanol–water partition coefficient (Wildman–Crippen LogP) is 3.58. The van der Waals surface area contributed by atoms with Gasteiger partial charge in [0.2, 0.25) is 0 Å². The Balaban J connectivity index is 2.78. The molecule has 0 fully saturated rings. The van der Waals surface area contributed by atoms with Crippen molar-refractivity contribution in [2.24, 2.45) is 0 Å². The molecule has 0 saturated carbocycles. The summed E-state index contributed by atoms with van der Waals surface area (Å²) >= 11 is 5.52. The van der Waals surface area contributed by atoms with E-state index in [0.29, 0.717) is 13.0 Å².